The van der Waals surface area contributed by atoms with Crippen molar-refractivity contribution in [2.45, 2.75) is 30.6 Å². The fraction of sp³-hybridized carbons (Fsp3) is 0.389. The van der Waals surface area contributed by atoms with Gasteiger partial charge in [-0.05, 0) is 31.2 Å². The second-order valence-electron chi connectivity index (χ2n) is 6.35. The largest absolute Gasteiger partial charge is 0.480 e. The summed E-state index contributed by atoms with van der Waals surface area (Å²) in [5.41, 5.74) is 1.18. The molecule has 1 aromatic carbocycles. The second kappa shape index (κ2) is 7.80. The molecule has 1 aromatic rings. The van der Waals surface area contributed by atoms with Crippen LogP contribution >= 0.6 is 0 Å². The number of aldehydes is 1. The number of nitrogens with zero attached hydrogens (tertiary/aromatic N) is 1. The van der Waals surface area contributed by atoms with Crippen LogP contribution in [0.15, 0.2) is 24.3 Å². The quantitative estimate of drug-likeness (QED) is 0.570. The van der Waals surface area contributed by atoms with Crippen molar-refractivity contribution in [2.24, 2.45) is 0 Å². The summed E-state index contributed by atoms with van der Waals surface area (Å²) in [6.45, 7) is 1.14. The number of ether oxygens (including phenoxy) is 1. The minimum absolute atomic E-state index is 0.0351. The van der Waals surface area contributed by atoms with Gasteiger partial charge in [-0.3, -0.25) is 9.69 Å². The lowest BCUT2D eigenvalue weighted by Crippen LogP contribution is -2.46. The molecular weight excluding hydrogens is 374 g/mol. The van der Waals surface area contributed by atoms with Crippen LogP contribution in [0.2, 0.25) is 0 Å². The number of anilines is 1. The molecule has 144 valence electrons. The van der Waals surface area contributed by atoms with Gasteiger partial charge in [-0.25, -0.2) is 13.2 Å². The first-order valence-corrected chi connectivity index (χ1v) is 9.91. The summed E-state index contributed by atoms with van der Waals surface area (Å²) in [7, 11) is -3.92. The molecule has 1 saturated heterocycles. The van der Waals surface area contributed by atoms with Gasteiger partial charge in [0, 0.05) is 23.9 Å². The van der Waals surface area contributed by atoms with Crippen LogP contribution in [0, 0.1) is 11.8 Å². The molecule has 2 rings (SSSR count). The molecule has 1 N–H and O–H groups in total. The summed E-state index contributed by atoms with van der Waals surface area (Å²) < 4.78 is 26.9. The zero-order valence-corrected chi connectivity index (χ0v) is 15.7. The van der Waals surface area contributed by atoms with Crippen molar-refractivity contribution >= 4 is 33.9 Å². The number of hydrogen-bond donors (Lipinski definition) is 1. The number of carbonyl (C=O) groups excluding carboxylic acids is 2. The van der Waals surface area contributed by atoms with Crippen LogP contribution in [0.5, 0.6) is 0 Å². The third-order valence-corrected chi connectivity index (χ3v) is 6.34. The van der Waals surface area contributed by atoms with Crippen LogP contribution in [0.1, 0.15) is 25.3 Å². The van der Waals surface area contributed by atoms with Crippen molar-refractivity contribution in [3.05, 3.63) is 29.8 Å². The van der Waals surface area contributed by atoms with Gasteiger partial charge in [0.2, 0.25) is 0 Å². The summed E-state index contributed by atoms with van der Waals surface area (Å²) >= 11 is 0. The number of rotatable bonds is 6. The standard InChI is InChI=1S/C18H19NO7S/c1-18(16(21)22,27(2,24)25)11-15-12-19(17(23)26-15)14-8-6-13(7-9-14)5-3-4-10-20/h6-10,15H,4,11-12H2,1-2H3,(H,21,22). The van der Waals surface area contributed by atoms with Crippen molar-refractivity contribution in [1.29, 1.82) is 0 Å². The Bertz CT molecular complexity index is 911. The van der Waals surface area contributed by atoms with E-state index in [4.69, 9.17) is 4.74 Å². The van der Waals surface area contributed by atoms with Crippen LogP contribution in [0.25, 0.3) is 0 Å². The predicted molar refractivity (Wildman–Crippen MR) is 97.1 cm³/mol. The Morgan fingerprint density at radius 2 is 2.04 bits per heavy atom. The first-order chi connectivity index (χ1) is 12.6. The smallest absolute Gasteiger partial charge is 0.414 e. The first kappa shape index (κ1) is 20.5. The summed E-state index contributed by atoms with van der Waals surface area (Å²) in [5.74, 6) is 3.98. The van der Waals surface area contributed by atoms with Crippen molar-refractivity contribution in [3.8, 4) is 11.8 Å². The molecule has 0 saturated carbocycles. The third kappa shape index (κ3) is 4.46. The Balaban J connectivity index is 2.15. The van der Waals surface area contributed by atoms with Gasteiger partial charge in [-0.1, -0.05) is 11.8 Å². The number of carbonyl (C=O) groups is 3. The fourth-order valence-corrected chi connectivity index (χ4v) is 3.40. The van der Waals surface area contributed by atoms with E-state index in [1.54, 1.807) is 24.3 Å². The Hall–Kier alpha value is -2.86. The van der Waals surface area contributed by atoms with E-state index in [1.165, 1.54) is 4.90 Å². The van der Waals surface area contributed by atoms with Gasteiger partial charge in [0.1, 0.15) is 12.4 Å². The average molecular weight is 393 g/mol. The summed E-state index contributed by atoms with van der Waals surface area (Å²) in [6, 6.07) is 6.63. The minimum atomic E-state index is -3.92. The molecular formula is C18H19NO7S. The number of amides is 1. The van der Waals surface area contributed by atoms with E-state index in [9.17, 15) is 27.9 Å². The number of aliphatic carboxylic acids is 1. The highest BCUT2D eigenvalue weighted by molar-refractivity contribution is 7.92. The molecule has 0 radical (unpaired) electrons. The topological polar surface area (TPSA) is 118 Å². The molecule has 1 fully saturated rings. The normalized spacial score (nSPS) is 18.8. The molecule has 0 bridgehead atoms. The van der Waals surface area contributed by atoms with E-state index in [-0.39, 0.29) is 19.4 Å². The number of benzene rings is 1. The zero-order chi connectivity index (χ0) is 20.2. The number of carboxylic acids is 1. The number of hydrogen-bond acceptors (Lipinski definition) is 6. The highest BCUT2D eigenvalue weighted by atomic mass is 32.2. The Kier molecular flexibility index (Phi) is 5.91. The maximum Gasteiger partial charge on any atom is 0.414 e. The molecule has 2 unspecified atom stereocenters. The third-order valence-electron chi connectivity index (χ3n) is 4.36. The minimum Gasteiger partial charge on any atom is -0.480 e. The predicted octanol–water partition coefficient (Wildman–Crippen LogP) is 1.23. The molecule has 1 aliphatic rings. The van der Waals surface area contributed by atoms with Gasteiger partial charge in [-0.2, -0.15) is 0 Å². The van der Waals surface area contributed by atoms with Crippen molar-refractivity contribution in [1.82, 2.24) is 0 Å². The molecule has 1 amide bonds. The van der Waals surface area contributed by atoms with Gasteiger partial charge in [0.15, 0.2) is 14.6 Å². The van der Waals surface area contributed by atoms with Gasteiger partial charge in [-0.15, -0.1) is 0 Å². The summed E-state index contributed by atoms with van der Waals surface area (Å²) in [4.78, 5) is 35.2. The monoisotopic (exact) mass is 393 g/mol. The van der Waals surface area contributed by atoms with E-state index in [1.807, 2.05) is 0 Å². The fourth-order valence-electron chi connectivity index (χ4n) is 2.59. The van der Waals surface area contributed by atoms with Gasteiger partial charge in [0.05, 0.1) is 13.0 Å². The Morgan fingerprint density at radius 3 is 2.56 bits per heavy atom. The molecule has 9 heteroatoms. The lowest BCUT2D eigenvalue weighted by atomic mass is 10.0. The lowest BCUT2D eigenvalue weighted by molar-refractivity contribution is -0.140. The maximum absolute atomic E-state index is 12.1. The van der Waals surface area contributed by atoms with Crippen molar-refractivity contribution in [2.75, 3.05) is 17.7 Å². The summed E-state index contributed by atoms with van der Waals surface area (Å²) in [5, 5.41) is 9.33. The van der Waals surface area contributed by atoms with Crippen LogP contribution in [-0.2, 0) is 24.2 Å². The van der Waals surface area contributed by atoms with Crippen LogP contribution in [0.3, 0.4) is 0 Å². The number of cyclic esters (lactones) is 1. The van der Waals surface area contributed by atoms with E-state index in [0.29, 0.717) is 17.5 Å². The molecule has 0 spiro atoms. The van der Waals surface area contributed by atoms with E-state index in [2.05, 4.69) is 11.8 Å². The van der Waals surface area contributed by atoms with Gasteiger partial charge >= 0.3 is 12.1 Å². The zero-order valence-electron chi connectivity index (χ0n) is 14.8. The van der Waals surface area contributed by atoms with E-state index < -0.39 is 32.8 Å². The Labute approximate surface area is 157 Å². The molecule has 1 heterocycles. The summed E-state index contributed by atoms with van der Waals surface area (Å²) in [6.07, 6.45) is -0.228. The van der Waals surface area contributed by atoms with Crippen molar-refractivity contribution in [3.63, 3.8) is 0 Å². The molecule has 8 nitrogen and oxygen atoms in total. The highest BCUT2D eigenvalue weighted by Gasteiger charge is 2.48. The molecule has 2 atom stereocenters. The molecule has 27 heavy (non-hydrogen) atoms. The maximum atomic E-state index is 12.1. The molecule has 1 aliphatic heterocycles. The van der Waals surface area contributed by atoms with Gasteiger partial charge < -0.3 is 14.6 Å². The van der Waals surface area contributed by atoms with Crippen LogP contribution in [0.4, 0.5) is 10.5 Å². The first-order valence-electron chi connectivity index (χ1n) is 8.02. The molecule has 0 aromatic heterocycles. The van der Waals surface area contributed by atoms with Crippen LogP contribution < -0.4 is 4.90 Å². The Morgan fingerprint density at radius 1 is 1.41 bits per heavy atom. The second-order valence-corrected chi connectivity index (χ2v) is 8.79. The SMILES string of the molecule is CC(CC1CN(c2ccc(C#CCC=O)cc2)C(=O)O1)(C(=O)O)S(C)(=O)=O. The number of carboxylic acid groups (broad SMARTS) is 1. The number of sulfone groups is 1. The van der Waals surface area contributed by atoms with E-state index in [0.717, 1.165) is 13.2 Å². The average Bonchev–Trinajstić information content (AvgIpc) is 2.94. The van der Waals surface area contributed by atoms with Crippen LogP contribution in [-0.4, -0.2) is 55.5 Å². The van der Waals surface area contributed by atoms with Crippen molar-refractivity contribution < 1.29 is 32.6 Å². The van der Waals surface area contributed by atoms with E-state index >= 15 is 0 Å². The lowest BCUT2D eigenvalue weighted by Gasteiger charge is -2.24. The van der Waals surface area contributed by atoms with Gasteiger partial charge in [0.25, 0.3) is 0 Å². The highest BCUT2D eigenvalue weighted by Crippen LogP contribution is 2.30. The molecule has 0 aliphatic carbocycles.